The molecule has 0 aliphatic heterocycles. The molecule has 19 heavy (non-hydrogen) atoms. The smallest absolute Gasteiger partial charge is 0.342 e. The number of nitrogen functional groups attached to an aromatic ring is 1. The second-order valence-electron chi connectivity index (χ2n) is 3.89. The third-order valence-corrected chi connectivity index (χ3v) is 2.73. The number of esters is 2. The molecule has 3 N–H and O–H groups in total. The zero-order valence-electron chi connectivity index (χ0n) is 10.6. The molecule has 6 nitrogen and oxygen atoms in total. The van der Waals surface area contributed by atoms with Crippen molar-refractivity contribution < 1.29 is 19.1 Å². The first-order valence-corrected chi connectivity index (χ1v) is 5.75. The van der Waals surface area contributed by atoms with E-state index < -0.39 is 11.9 Å². The molecule has 2 rings (SSSR count). The number of rotatable bonds is 3. The average Bonchev–Trinajstić information content (AvgIpc) is 2.72. The minimum absolute atomic E-state index is 0.218. The van der Waals surface area contributed by atoms with Crippen molar-refractivity contribution in [3.63, 3.8) is 0 Å². The predicted octanol–water partition coefficient (Wildman–Crippen LogP) is 1.71. The van der Waals surface area contributed by atoms with E-state index in [1.807, 2.05) is 0 Å². The van der Waals surface area contributed by atoms with E-state index in [2.05, 4.69) is 9.72 Å². The number of carbonyl (C=O) groups excluding carboxylic acids is 2. The molecule has 0 saturated carbocycles. The topological polar surface area (TPSA) is 94.4 Å². The van der Waals surface area contributed by atoms with Crippen LogP contribution in [-0.2, 0) is 9.47 Å². The molecule has 0 spiro atoms. The van der Waals surface area contributed by atoms with Gasteiger partial charge in [-0.3, -0.25) is 0 Å². The maximum absolute atomic E-state index is 11.9. The number of aromatic nitrogens is 1. The van der Waals surface area contributed by atoms with Crippen molar-refractivity contribution in [1.82, 2.24) is 4.98 Å². The summed E-state index contributed by atoms with van der Waals surface area (Å²) in [6.45, 7) is 1.96. The molecule has 0 amide bonds. The van der Waals surface area contributed by atoms with Gasteiger partial charge in [-0.05, 0) is 25.1 Å². The Bertz CT molecular complexity index is 645. The van der Waals surface area contributed by atoms with E-state index in [0.29, 0.717) is 16.5 Å². The number of nitrogens with one attached hydrogen (secondary N) is 1. The van der Waals surface area contributed by atoms with Crippen LogP contribution in [0.2, 0.25) is 0 Å². The van der Waals surface area contributed by atoms with E-state index >= 15 is 0 Å². The summed E-state index contributed by atoms with van der Waals surface area (Å²) in [7, 11) is 1.30. The summed E-state index contributed by atoms with van der Waals surface area (Å²) >= 11 is 0. The number of hydrogen-bond donors (Lipinski definition) is 2. The van der Waals surface area contributed by atoms with Crippen molar-refractivity contribution in [2.45, 2.75) is 6.92 Å². The number of benzene rings is 1. The summed E-state index contributed by atoms with van der Waals surface area (Å²) < 4.78 is 9.59. The van der Waals surface area contributed by atoms with E-state index in [1.54, 1.807) is 25.1 Å². The lowest BCUT2D eigenvalue weighted by Gasteiger charge is -2.02. The van der Waals surface area contributed by atoms with Crippen molar-refractivity contribution in [2.24, 2.45) is 0 Å². The molecule has 0 fully saturated rings. The number of hydrogen-bond acceptors (Lipinski definition) is 5. The number of nitrogens with two attached hydrogens (primary N) is 1. The van der Waals surface area contributed by atoms with Gasteiger partial charge >= 0.3 is 11.9 Å². The Morgan fingerprint density at radius 3 is 2.68 bits per heavy atom. The van der Waals surface area contributed by atoms with E-state index in [-0.39, 0.29) is 18.0 Å². The van der Waals surface area contributed by atoms with Gasteiger partial charge in [0.15, 0.2) is 0 Å². The first-order chi connectivity index (χ1) is 9.08. The fourth-order valence-electron chi connectivity index (χ4n) is 1.88. The molecule has 0 aliphatic carbocycles. The number of H-pyrrole nitrogens is 1. The molecular weight excluding hydrogens is 248 g/mol. The number of fused-ring (bicyclic) bond motifs is 1. The van der Waals surface area contributed by atoms with Gasteiger partial charge in [0.25, 0.3) is 0 Å². The second kappa shape index (κ2) is 5.01. The molecule has 6 heteroatoms. The molecule has 0 aliphatic rings. The van der Waals surface area contributed by atoms with E-state index in [9.17, 15) is 9.59 Å². The van der Waals surface area contributed by atoms with Crippen LogP contribution in [-0.4, -0.2) is 30.6 Å². The van der Waals surface area contributed by atoms with Gasteiger partial charge in [-0.25, -0.2) is 9.59 Å². The van der Waals surface area contributed by atoms with Crippen LogP contribution in [0.1, 0.15) is 27.6 Å². The zero-order chi connectivity index (χ0) is 14.0. The SMILES string of the molecule is CCOC(=O)c1c(N)[nH]c2ccc(C(=O)OC)cc12. The highest BCUT2D eigenvalue weighted by Crippen LogP contribution is 2.26. The number of methoxy groups -OCH3 is 1. The van der Waals surface area contributed by atoms with Gasteiger partial charge < -0.3 is 20.2 Å². The van der Waals surface area contributed by atoms with Crippen molar-refractivity contribution in [1.29, 1.82) is 0 Å². The van der Waals surface area contributed by atoms with Gasteiger partial charge in [0, 0.05) is 10.9 Å². The zero-order valence-corrected chi connectivity index (χ0v) is 10.6. The van der Waals surface area contributed by atoms with Gasteiger partial charge in [0.05, 0.1) is 19.3 Å². The fraction of sp³-hybridized carbons (Fsp3) is 0.231. The largest absolute Gasteiger partial charge is 0.465 e. The van der Waals surface area contributed by atoms with Crippen LogP contribution in [0.25, 0.3) is 10.9 Å². The normalized spacial score (nSPS) is 10.4. The minimum atomic E-state index is -0.520. The first kappa shape index (κ1) is 12.9. The Kier molecular flexibility index (Phi) is 3.41. The molecule has 1 aromatic heterocycles. The summed E-state index contributed by atoms with van der Waals surface area (Å²) in [5.41, 5.74) is 7.02. The van der Waals surface area contributed by atoms with Crippen molar-refractivity contribution in [3.8, 4) is 0 Å². The van der Waals surface area contributed by atoms with Gasteiger partial charge in [0.1, 0.15) is 11.4 Å². The molecule has 0 atom stereocenters. The number of aromatic amines is 1. The van der Waals surface area contributed by atoms with E-state index in [1.165, 1.54) is 7.11 Å². The second-order valence-corrected chi connectivity index (χ2v) is 3.89. The first-order valence-electron chi connectivity index (χ1n) is 5.75. The molecule has 0 unspecified atom stereocenters. The lowest BCUT2D eigenvalue weighted by atomic mass is 10.1. The van der Waals surface area contributed by atoms with Crippen LogP contribution in [0.3, 0.4) is 0 Å². The molecule has 2 aromatic rings. The van der Waals surface area contributed by atoms with Gasteiger partial charge in [-0.15, -0.1) is 0 Å². The highest BCUT2D eigenvalue weighted by Gasteiger charge is 2.19. The van der Waals surface area contributed by atoms with Crippen molar-refractivity contribution in [2.75, 3.05) is 19.5 Å². The molecule has 0 bridgehead atoms. The van der Waals surface area contributed by atoms with Crippen LogP contribution in [0, 0.1) is 0 Å². The molecule has 0 saturated heterocycles. The van der Waals surface area contributed by atoms with Gasteiger partial charge in [-0.2, -0.15) is 0 Å². The fourth-order valence-corrected chi connectivity index (χ4v) is 1.88. The van der Waals surface area contributed by atoms with Crippen LogP contribution in [0.5, 0.6) is 0 Å². The monoisotopic (exact) mass is 262 g/mol. The van der Waals surface area contributed by atoms with Crippen molar-refractivity contribution in [3.05, 3.63) is 29.3 Å². The average molecular weight is 262 g/mol. The Morgan fingerprint density at radius 2 is 2.05 bits per heavy atom. The third kappa shape index (κ3) is 2.24. The lowest BCUT2D eigenvalue weighted by molar-refractivity contribution is 0.0528. The van der Waals surface area contributed by atoms with Crippen molar-refractivity contribution >= 4 is 28.7 Å². The standard InChI is InChI=1S/C13H14N2O4/c1-3-19-13(17)10-8-6-7(12(16)18-2)4-5-9(8)15-11(10)14/h4-6,15H,3,14H2,1-2H3. The Hall–Kier alpha value is -2.50. The summed E-state index contributed by atoms with van der Waals surface area (Å²) in [4.78, 5) is 26.2. The summed E-state index contributed by atoms with van der Waals surface area (Å²) in [5.74, 6) is -0.778. The van der Waals surface area contributed by atoms with Crippen LogP contribution in [0.15, 0.2) is 18.2 Å². The van der Waals surface area contributed by atoms with Gasteiger partial charge in [-0.1, -0.05) is 0 Å². The highest BCUT2D eigenvalue weighted by atomic mass is 16.5. The molecular formula is C13H14N2O4. The Labute approximate surface area is 109 Å². The lowest BCUT2D eigenvalue weighted by Crippen LogP contribution is -2.07. The molecule has 100 valence electrons. The summed E-state index contributed by atoms with van der Waals surface area (Å²) in [5, 5.41) is 0.541. The van der Waals surface area contributed by atoms with E-state index in [4.69, 9.17) is 10.5 Å². The van der Waals surface area contributed by atoms with Crippen LogP contribution < -0.4 is 5.73 Å². The number of carbonyl (C=O) groups is 2. The van der Waals surface area contributed by atoms with Crippen LogP contribution in [0.4, 0.5) is 5.82 Å². The van der Waals surface area contributed by atoms with Gasteiger partial charge in [0.2, 0.25) is 0 Å². The summed E-state index contributed by atoms with van der Waals surface area (Å²) in [6.07, 6.45) is 0. The molecule has 1 aromatic carbocycles. The Balaban J connectivity index is 2.59. The quantitative estimate of drug-likeness (QED) is 0.821. The highest BCUT2D eigenvalue weighted by molar-refractivity contribution is 6.10. The van der Waals surface area contributed by atoms with Crippen LogP contribution >= 0.6 is 0 Å². The maximum Gasteiger partial charge on any atom is 0.342 e. The number of ether oxygens (including phenoxy) is 2. The summed E-state index contributed by atoms with van der Waals surface area (Å²) in [6, 6.07) is 4.82. The molecule has 1 heterocycles. The predicted molar refractivity (Wildman–Crippen MR) is 70.0 cm³/mol. The molecule has 0 radical (unpaired) electrons. The third-order valence-electron chi connectivity index (χ3n) is 2.73. The van der Waals surface area contributed by atoms with E-state index in [0.717, 1.165) is 0 Å². The number of anilines is 1. The Morgan fingerprint density at radius 1 is 1.32 bits per heavy atom. The minimum Gasteiger partial charge on any atom is -0.465 e. The maximum atomic E-state index is 11.9.